The van der Waals surface area contributed by atoms with Crippen molar-refractivity contribution in [1.82, 2.24) is 15.1 Å². The van der Waals surface area contributed by atoms with Crippen molar-refractivity contribution in [2.45, 2.75) is 26.5 Å². The van der Waals surface area contributed by atoms with Crippen LogP contribution in [0, 0.1) is 16.7 Å². The zero-order valence-electron chi connectivity index (χ0n) is 22.9. The molecule has 8 heteroatoms. The minimum absolute atomic E-state index is 0.0761. The zero-order chi connectivity index (χ0) is 28.5. The number of hydrogen-bond acceptors (Lipinski definition) is 6. The number of ether oxygens (including phenoxy) is 1. The van der Waals surface area contributed by atoms with Crippen molar-refractivity contribution in [2.75, 3.05) is 32.7 Å². The van der Waals surface area contributed by atoms with Crippen LogP contribution in [-0.2, 0) is 20.9 Å². The van der Waals surface area contributed by atoms with Crippen molar-refractivity contribution < 1.29 is 19.1 Å². The fourth-order valence-corrected chi connectivity index (χ4v) is 4.84. The summed E-state index contributed by atoms with van der Waals surface area (Å²) < 4.78 is 5.41. The van der Waals surface area contributed by atoms with Crippen molar-refractivity contribution in [1.29, 1.82) is 5.26 Å². The summed E-state index contributed by atoms with van der Waals surface area (Å²) in [6, 6.07) is 26.9. The number of benzene rings is 3. The van der Waals surface area contributed by atoms with Gasteiger partial charge in [-0.3, -0.25) is 19.3 Å². The lowest BCUT2D eigenvalue weighted by atomic mass is 9.78. The van der Waals surface area contributed by atoms with Crippen LogP contribution < -0.4 is 5.32 Å². The maximum absolute atomic E-state index is 13.9. The highest BCUT2D eigenvalue weighted by atomic mass is 16.5. The predicted molar refractivity (Wildman–Crippen MR) is 151 cm³/mol. The molecule has 1 N–H and O–H groups in total. The molecule has 1 aliphatic heterocycles. The van der Waals surface area contributed by atoms with Crippen LogP contribution in [-0.4, -0.2) is 60.3 Å². The number of hydrogen-bond donors (Lipinski definition) is 1. The zero-order valence-corrected chi connectivity index (χ0v) is 22.9. The van der Waals surface area contributed by atoms with Gasteiger partial charge < -0.3 is 15.0 Å². The van der Waals surface area contributed by atoms with E-state index in [-0.39, 0.29) is 30.9 Å². The van der Waals surface area contributed by atoms with Crippen molar-refractivity contribution in [3.05, 3.63) is 107 Å². The first-order valence-corrected chi connectivity index (χ1v) is 13.3. The van der Waals surface area contributed by atoms with Crippen LogP contribution in [0.4, 0.5) is 0 Å². The van der Waals surface area contributed by atoms with Crippen molar-refractivity contribution in [3.8, 4) is 6.07 Å². The minimum Gasteiger partial charge on any atom is -0.460 e. The van der Waals surface area contributed by atoms with Gasteiger partial charge in [-0.2, -0.15) is 5.26 Å². The molecule has 1 fully saturated rings. The van der Waals surface area contributed by atoms with E-state index in [0.29, 0.717) is 37.3 Å². The Morgan fingerprint density at radius 2 is 1.50 bits per heavy atom. The van der Waals surface area contributed by atoms with Crippen LogP contribution >= 0.6 is 0 Å². The van der Waals surface area contributed by atoms with Crippen molar-refractivity contribution in [2.24, 2.45) is 5.41 Å². The highest BCUT2D eigenvalue weighted by Gasteiger charge is 2.42. The van der Waals surface area contributed by atoms with Crippen LogP contribution in [0.1, 0.15) is 46.9 Å². The van der Waals surface area contributed by atoms with E-state index in [1.54, 1.807) is 29.2 Å². The number of carbonyl (C=O) groups excluding carboxylic acids is 3. The van der Waals surface area contributed by atoms with Gasteiger partial charge in [0.05, 0.1) is 29.6 Å². The molecule has 3 aromatic rings. The normalized spacial score (nSPS) is 14.6. The Morgan fingerprint density at radius 3 is 2.10 bits per heavy atom. The van der Waals surface area contributed by atoms with Crippen molar-refractivity contribution in [3.63, 3.8) is 0 Å². The van der Waals surface area contributed by atoms with Crippen LogP contribution in [0.5, 0.6) is 0 Å². The lowest BCUT2D eigenvalue weighted by Crippen LogP contribution is -2.55. The van der Waals surface area contributed by atoms with Gasteiger partial charge in [0.1, 0.15) is 6.61 Å². The third-order valence-corrected chi connectivity index (χ3v) is 7.21. The third kappa shape index (κ3) is 7.13. The average molecular weight is 539 g/mol. The van der Waals surface area contributed by atoms with Crippen molar-refractivity contribution >= 4 is 17.8 Å². The maximum Gasteiger partial charge on any atom is 0.320 e. The molecule has 8 nitrogen and oxygen atoms in total. The molecule has 0 aromatic heterocycles. The number of carbonyl (C=O) groups is 3. The summed E-state index contributed by atoms with van der Waals surface area (Å²) in [5, 5.41) is 12.1. The summed E-state index contributed by atoms with van der Waals surface area (Å²) in [6.07, 6.45) is 0. The molecule has 1 unspecified atom stereocenters. The SMILES string of the molecule is CC(C)(C(=O)N1CCN(CC(=O)OCc2ccccc2)CC1)C(NC(=O)c1ccc(C#N)cc1)c1ccccc1. The van der Waals surface area contributed by atoms with Crippen LogP contribution in [0.2, 0.25) is 0 Å². The first kappa shape index (κ1) is 28.5. The van der Waals surface area contributed by atoms with E-state index in [4.69, 9.17) is 10.00 Å². The number of nitriles is 1. The fraction of sp³-hybridized carbons (Fsp3) is 0.312. The summed E-state index contributed by atoms with van der Waals surface area (Å²) in [4.78, 5) is 43.2. The standard InChI is InChI=1S/C32H34N4O4/c1-32(2,29(26-11-7-4-8-12-26)34-30(38)27-15-13-24(21-33)14-16-27)31(39)36-19-17-35(18-20-36)22-28(37)40-23-25-9-5-3-6-10-25/h3-16,29H,17-20,22-23H2,1-2H3,(H,34,38). The van der Waals surface area contributed by atoms with E-state index in [1.807, 2.05) is 79.4 Å². The summed E-state index contributed by atoms with van der Waals surface area (Å²) in [6.45, 7) is 6.15. The van der Waals surface area contributed by atoms with E-state index < -0.39 is 11.5 Å². The molecule has 2 amide bonds. The van der Waals surface area contributed by atoms with Gasteiger partial charge in [-0.05, 0) is 49.2 Å². The average Bonchev–Trinajstić information content (AvgIpc) is 2.99. The number of amides is 2. The summed E-state index contributed by atoms with van der Waals surface area (Å²) >= 11 is 0. The van der Waals surface area contributed by atoms with Gasteiger partial charge >= 0.3 is 5.97 Å². The smallest absolute Gasteiger partial charge is 0.320 e. The van der Waals surface area contributed by atoms with Gasteiger partial charge in [-0.1, -0.05) is 60.7 Å². The number of nitrogens with zero attached hydrogens (tertiary/aromatic N) is 3. The molecule has 0 aliphatic carbocycles. The van der Waals surface area contributed by atoms with E-state index in [9.17, 15) is 14.4 Å². The molecule has 3 aromatic carbocycles. The second kappa shape index (κ2) is 13.0. The van der Waals surface area contributed by atoms with Gasteiger partial charge in [0, 0.05) is 31.7 Å². The molecule has 1 heterocycles. The molecule has 206 valence electrons. The molecule has 1 aliphatic rings. The third-order valence-electron chi connectivity index (χ3n) is 7.21. The van der Waals surface area contributed by atoms with Gasteiger partial charge in [0.25, 0.3) is 5.91 Å². The Balaban J connectivity index is 1.38. The molecule has 1 saturated heterocycles. The van der Waals surface area contributed by atoms with Gasteiger partial charge in [-0.25, -0.2) is 0 Å². The molecule has 0 saturated carbocycles. The highest BCUT2D eigenvalue weighted by molar-refractivity contribution is 5.95. The number of esters is 1. The lowest BCUT2D eigenvalue weighted by molar-refractivity contribution is -0.148. The summed E-state index contributed by atoms with van der Waals surface area (Å²) in [5.41, 5.74) is 1.68. The Hall–Kier alpha value is -4.48. The first-order valence-electron chi connectivity index (χ1n) is 13.3. The van der Waals surface area contributed by atoms with E-state index in [1.165, 1.54) is 0 Å². The van der Waals surface area contributed by atoms with Crippen LogP contribution in [0.25, 0.3) is 0 Å². The molecular formula is C32H34N4O4. The molecular weight excluding hydrogens is 504 g/mol. The van der Waals surface area contributed by atoms with Gasteiger partial charge in [0.15, 0.2) is 0 Å². The molecule has 0 radical (unpaired) electrons. The Labute approximate surface area is 235 Å². The molecule has 40 heavy (non-hydrogen) atoms. The number of rotatable bonds is 9. The highest BCUT2D eigenvalue weighted by Crippen LogP contribution is 2.36. The van der Waals surface area contributed by atoms with Gasteiger partial charge in [-0.15, -0.1) is 0 Å². The monoisotopic (exact) mass is 538 g/mol. The van der Waals surface area contributed by atoms with Crippen LogP contribution in [0.3, 0.4) is 0 Å². The molecule has 4 rings (SSSR count). The second-order valence-electron chi connectivity index (χ2n) is 10.4. The first-order chi connectivity index (χ1) is 19.3. The number of piperazine rings is 1. The molecule has 1 atom stereocenters. The quantitative estimate of drug-likeness (QED) is 0.414. The lowest BCUT2D eigenvalue weighted by Gasteiger charge is -2.41. The Kier molecular flexibility index (Phi) is 9.31. The van der Waals surface area contributed by atoms with Gasteiger partial charge in [0.2, 0.25) is 5.91 Å². The molecule has 0 bridgehead atoms. The maximum atomic E-state index is 13.9. The van der Waals surface area contributed by atoms with Crippen LogP contribution in [0.15, 0.2) is 84.9 Å². The topological polar surface area (TPSA) is 103 Å². The fourth-order valence-electron chi connectivity index (χ4n) is 4.84. The molecule has 0 spiro atoms. The Morgan fingerprint density at radius 1 is 0.900 bits per heavy atom. The number of nitrogens with one attached hydrogen (secondary N) is 1. The van der Waals surface area contributed by atoms with E-state index in [2.05, 4.69) is 11.4 Å². The summed E-state index contributed by atoms with van der Waals surface area (Å²) in [5.74, 6) is -0.690. The largest absolute Gasteiger partial charge is 0.460 e. The Bertz CT molecular complexity index is 1340. The van der Waals surface area contributed by atoms with E-state index >= 15 is 0 Å². The summed E-state index contributed by atoms with van der Waals surface area (Å²) in [7, 11) is 0. The van der Waals surface area contributed by atoms with E-state index in [0.717, 1.165) is 11.1 Å². The predicted octanol–water partition coefficient (Wildman–Crippen LogP) is 3.94. The second-order valence-corrected chi connectivity index (χ2v) is 10.4. The minimum atomic E-state index is -0.958.